The van der Waals surface area contributed by atoms with Crippen molar-refractivity contribution in [1.82, 2.24) is 14.8 Å². The molecular weight excluding hydrogens is 376 g/mol. The van der Waals surface area contributed by atoms with Crippen LogP contribution < -0.4 is 5.32 Å². The number of aromatic nitrogens is 3. The fraction of sp³-hybridized carbons (Fsp3) is 0.316. The topological polar surface area (TPSA) is 59.8 Å². The van der Waals surface area contributed by atoms with E-state index in [1.54, 1.807) is 12.1 Å². The van der Waals surface area contributed by atoms with Gasteiger partial charge in [-0.15, -0.1) is 0 Å². The lowest BCUT2D eigenvalue weighted by molar-refractivity contribution is -0.116. The SMILES string of the molecule is CCc1ccc(NC(=O)Cn2nc(C)c3c(C(F)F)cc(C(F)F)nc32)cc1. The van der Waals surface area contributed by atoms with Gasteiger partial charge in [0.05, 0.1) is 11.1 Å². The number of alkyl halides is 4. The summed E-state index contributed by atoms with van der Waals surface area (Å²) in [7, 11) is 0. The number of nitrogens with zero attached hydrogens (tertiary/aromatic N) is 3. The van der Waals surface area contributed by atoms with Crippen molar-refractivity contribution in [3.63, 3.8) is 0 Å². The molecule has 5 nitrogen and oxygen atoms in total. The van der Waals surface area contributed by atoms with Gasteiger partial charge >= 0.3 is 0 Å². The van der Waals surface area contributed by atoms with Gasteiger partial charge in [-0.25, -0.2) is 27.2 Å². The molecule has 0 saturated carbocycles. The number of fused-ring (bicyclic) bond motifs is 1. The van der Waals surface area contributed by atoms with Crippen molar-refractivity contribution in [3.8, 4) is 0 Å². The summed E-state index contributed by atoms with van der Waals surface area (Å²) in [6.45, 7) is 3.13. The van der Waals surface area contributed by atoms with Crippen molar-refractivity contribution in [3.05, 3.63) is 52.8 Å². The quantitative estimate of drug-likeness (QED) is 0.610. The Bertz CT molecular complexity index is 999. The molecule has 2 aromatic heterocycles. The molecule has 1 aromatic carbocycles. The van der Waals surface area contributed by atoms with E-state index >= 15 is 0 Å². The Labute approximate surface area is 158 Å². The van der Waals surface area contributed by atoms with Crippen LogP contribution in [0.15, 0.2) is 30.3 Å². The number of hydrogen-bond donors (Lipinski definition) is 1. The molecular formula is C19H18F4N4O. The molecule has 9 heteroatoms. The van der Waals surface area contributed by atoms with Gasteiger partial charge in [-0.3, -0.25) is 4.79 Å². The van der Waals surface area contributed by atoms with Crippen molar-refractivity contribution in [2.24, 2.45) is 0 Å². The number of aryl methyl sites for hydroxylation is 2. The average molecular weight is 394 g/mol. The normalized spacial score (nSPS) is 11.6. The van der Waals surface area contributed by atoms with Crippen LogP contribution in [0.25, 0.3) is 11.0 Å². The van der Waals surface area contributed by atoms with Crippen LogP contribution in [0.2, 0.25) is 0 Å². The first kappa shape index (κ1) is 19.8. The van der Waals surface area contributed by atoms with E-state index < -0.39 is 30.0 Å². The van der Waals surface area contributed by atoms with Gasteiger partial charge < -0.3 is 5.32 Å². The third kappa shape index (κ3) is 3.97. The minimum atomic E-state index is -3.02. The molecule has 0 spiro atoms. The van der Waals surface area contributed by atoms with Gasteiger partial charge in [0.25, 0.3) is 12.9 Å². The molecule has 0 saturated heterocycles. The molecule has 0 fully saturated rings. The van der Waals surface area contributed by atoms with E-state index in [0.29, 0.717) is 11.8 Å². The standard InChI is InChI=1S/C19H18F4N4O/c1-3-11-4-6-12(7-5-11)24-15(28)9-27-19-16(10(2)26-27)13(17(20)21)8-14(25-19)18(22)23/h4-8,17-18H,3,9H2,1-2H3,(H,24,28). The summed E-state index contributed by atoms with van der Waals surface area (Å²) in [6.07, 6.45) is -5.13. The summed E-state index contributed by atoms with van der Waals surface area (Å²) in [5, 5.41) is 6.71. The Morgan fingerprint density at radius 1 is 1.14 bits per heavy atom. The summed E-state index contributed by atoms with van der Waals surface area (Å²) < 4.78 is 53.9. The van der Waals surface area contributed by atoms with Crippen LogP contribution in [-0.2, 0) is 17.8 Å². The first-order valence-corrected chi connectivity index (χ1v) is 8.63. The maximum absolute atomic E-state index is 13.4. The Hall–Kier alpha value is -2.97. The van der Waals surface area contributed by atoms with E-state index in [2.05, 4.69) is 15.4 Å². The largest absolute Gasteiger partial charge is 0.324 e. The van der Waals surface area contributed by atoms with Gasteiger partial charge in [0.1, 0.15) is 12.2 Å². The van der Waals surface area contributed by atoms with Crippen molar-refractivity contribution < 1.29 is 22.4 Å². The Morgan fingerprint density at radius 3 is 2.39 bits per heavy atom. The molecule has 0 aliphatic rings. The maximum Gasteiger partial charge on any atom is 0.280 e. The highest BCUT2D eigenvalue weighted by Gasteiger charge is 2.23. The molecule has 2 heterocycles. The minimum absolute atomic E-state index is 0.0144. The maximum atomic E-state index is 13.4. The van der Waals surface area contributed by atoms with Gasteiger partial charge in [0.15, 0.2) is 5.65 Å². The Balaban J connectivity index is 1.92. The lowest BCUT2D eigenvalue weighted by Crippen LogP contribution is -2.20. The lowest BCUT2D eigenvalue weighted by atomic mass is 10.1. The van der Waals surface area contributed by atoms with Crippen LogP contribution in [0.1, 0.15) is 42.3 Å². The smallest absolute Gasteiger partial charge is 0.280 e. The number of nitrogens with one attached hydrogen (secondary N) is 1. The van der Waals surface area contributed by atoms with Crippen molar-refractivity contribution in [1.29, 1.82) is 0 Å². The van der Waals surface area contributed by atoms with Gasteiger partial charge in [-0.1, -0.05) is 19.1 Å². The van der Waals surface area contributed by atoms with Crippen LogP contribution in [-0.4, -0.2) is 20.7 Å². The van der Waals surface area contributed by atoms with E-state index in [0.717, 1.165) is 16.7 Å². The number of anilines is 1. The third-order valence-corrected chi connectivity index (χ3v) is 4.33. The minimum Gasteiger partial charge on any atom is -0.324 e. The molecule has 3 rings (SSSR count). The molecule has 0 aliphatic carbocycles. The summed E-state index contributed by atoms with van der Waals surface area (Å²) in [4.78, 5) is 16.1. The van der Waals surface area contributed by atoms with Crippen molar-refractivity contribution >= 4 is 22.6 Å². The molecule has 0 aliphatic heterocycles. The first-order valence-electron chi connectivity index (χ1n) is 8.63. The average Bonchev–Trinajstić information content (AvgIpc) is 2.97. The zero-order valence-corrected chi connectivity index (χ0v) is 15.2. The van der Waals surface area contributed by atoms with Crippen LogP contribution in [0.3, 0.4) is 0 Å². The molecule has 148 valence electrons. The molecule has 0 radical (unpaired) electrons. The number of rotatable bonds is 6. The van der Waals surface area contributed by atoms with E-state index in [1.807, 2.05) is 19.1 Å². The van der Waals surface area contributed by atoms with E-state index in [9.17, 15) is 22.4 Å². The van der Waals surface area contributed by atoms with E-state index in [1.165, 1.54) is 6.92 Å². The van der Waals surface area contributed by atoms with Crippen molar-refractivity contribution in [2.45, 2.75) is 39.7 Å². The van der Waals surface area contributed by atoms with Gasteiger partial charge in [0, 0.05) is 11.3 Å². The van der Waals surface area contributed by atoms with E-state index in [4.69, 9.17) is 0 Å². The molecule has 1 N–H and O–H groups in total. The summed E-state index contributed by atoms with van der Waals surface area (Å²) in [5.41, 5.74) is 0.347. The Morgan fingerprint density at radius 2 is 1.82 bits per heavy atom. The zero-order valence-electron chi connectivity index (χ0n) is 15.2. The summed E-state index contributed by atoms with van der Waals surface area (Å²) in [5.74, 6) is -0.475. The number of halogens is 4. The Kier molecular flexibility index (Phi) is 5.62. The second-order valence-corrected chi connectivity index (χ2v) is 6.28. The lowest BCUT2D eigenvalue weighted by Gasteiger charge is -2.09. The molecule has 28 heavy (non-hydrogen) atoms. The molecule has 3 aromatic rings. The van der Waals surface area contributed by atoms with Crippen LogP contribution in [0, 0.1) is 6.92 Å². The fourth-order valence-corrected chi connectivity index (χ4v) is 2.96. The first-order chi connectivity index (χ1) is 13.3. The molecule has 0 atom stereocenters. The predicted molar refractivity (Wildman–Crippen MR) is 96.6 cm³/mol. The number of benzene rings is 1. The highest BCUT2D eigenvalue weighted by Crippen LogP contribution is 2.32. The second-order valence-electron chi connectivity index (χ2n) is 6.28. The highest BCUT2D eigenvalue weighted by molar-refractivity contribution is 5.92. The number of carbonyl (C=O) groups excluding carboxylic acids is 1. The van der Waals surface area contributed by atoms with Gasteiger partial charge in [-0.2, -0.15) is 5.10 Å². The van der Waals surface area contributed by atoms with E-state index in [-0.39, 0.29) is 23.3 Å². The second kappa shape index (κ2) is 7.95. The fourth-order valence-electron chi connectivity index (χ4n) is 2.96. The highest BCUT2D eigenvalue weighted by atomic mass is 19.3. The number of pyridine rings is 1. The molecule has 1 amide bonds. The molecule has 0 unspecified atom stereocenters. The van der Waals surface area contributed by atoms with Crippen LogP contribution >= 0.6 is 0 Å². The zero-order chi connectivity index (χ0) is 20.4. The number of amides is 1. The monoisotopic (exact) mass is 394 g/mol. The summed E-state index contributed by atoms with van der Waals surface area (Å²) in [6, 6.07) is 7.91. The predicted octanol–water partition coefficient (Wildman–Crippen LogP) is 4.82. The van der Waals surface area contributed by atoms with Gasteiger partial charge in [-0.05, 0) is 37.1 Å². The van der Waals surface area contributed by atoms with Crippen molar-refractivity contribution in [2.75, 3.05) is 5.32 Å². The third-order valence-electron chi connectivity index (χ3n) is 4.33. The molecule has 0 bridgehead atoms. The summed E-state index contributed by atoms with van der Waals surface area (Å²) >= 11 is 0. The number of carbonyl (C=O) groups is 1. The van der Waals surface area contributed by atoms with Crippen LogP contribution in [0.5, 0.6) is 0 Å². The van der Waals surface area contributed by atoms with Gasteiger partial charge in [0.2, 0.25) is 5.91 Å². The number of hydrogen-bond acceptors (Lipinski definition) is 3. The van der Waals surface area contributed by atoms with Crippen LogP contribution in [0.4, 0.5) is 23.2 Å².